The summed E-state index contributed by atoms with van der Waals surface area (Å²) >= 11 is 0. The molecule has 0 saturated carbocycles. The van der Waals surface area contributed by atoms with E-state index in [-0.39, 0.29) is 18.6 Å². The fourth-order valence-electron chi connectivity index (χ4n) is 1.33. The Morgan fingerprint density at radius 1 is 1.39 bits per heavy atom. The highest BCUT2D eigenvalue weighted by molar-refractivity contribution is 5.76. The molecule has 6 heteroatoms. The molecule has 106 valence electrons. The average molecular weight is 260 g/mol. The third-order valence-electron chi connectivity index (χ3n) is 2.26. The zero-order chi connectivity index (χ0) is 14.3. The second-order valence-electron chi connectivity index (χ2n) is 5.23. The minimum absolute atomic E-state index is 0.116. The molecule has 0 atom stereocenters. The van der Waals surface area contributed by atoms with Crippen molar-refractivity contribution in [1.29, 1.82) is 0 Å². The van der Waals surface area contributed by atoms with Gasteiger partial charge in [0.2, 0.25) is 0 Å². The molecule has 2 N–H and O–H groups in total. The van der Waals surface area contributed by atoms with Crippen LogP contribution in [-0.4, -0.2) is 53.8 Å². The van der Waals surface area contributed by atoms with Crippen LogP contribution in [0.15, 0.2) is 0 Å². The molecule has 0 aliphatic rings. The molecule has 0 aliphatic carbocycles. The van der Waals surface area contributed by atoms with Crippen molar-refractivity contribution in [2.24, 2.45) is 0 Å². The molecule has 6 nitrogen and oxygen atoms in total. The fraction of sp³-hybridized carbons (Fsp3) is 0.833. The van der Waals surface area contributed by atoms with Crippen LogP contribution in [0.5, 0.6) is 0 Å². The first-order valence-electron chi connectivity index (χ1n) is 6.01. The number of likely N-dealkylation sites (N-methyl/N-ethyl adjacent to an activating group) is 1. The third kappa shape index (κ3) is 7.89. The highest BCUT2D eigenvalue weighted by Gasteiger charge is 2.25. The summed E-state index contributed by atoms with van der Waals surface area (Å²) in [6.07, 6.45) is 0.0136. The molecule has 2 amide bonds. The Morgan fingerprint density at radius 2 is 1.94 bits per heavy atom. The second-order valence-corrected chi connectivity index (χ2v) is 5.23. The summed E-state index contributed by atoms with van der Waals surface area (Å²) in [7, 11) is 1.65. The van der Waals surface area contributed by atoms with Gasteiger partial charge in [-0.3, -0.25) is 4.79 Å². The normalized spacial score (nSPS) is 11.4. The average Bonchev–Trinajstić information content (AvgIpc) is 2.13. The van der Waals surface area contributed by atoms with Crippen molar-refractivity contribution in [2.45, 2.75) is 45.8 Å². The molecule has 0 aromatic heterocycles. The topological polar surface area (TPSA) is 78.9 Å². The first-order chi connectivity index (χ1) is 8.14. The molecule has 0 aliphatic heterocycles. The molecular weight excluding hydrogens is 236 g/mol. The molecule has 0 aromatic rings. The smallest absolute Gasteiger partial charge is 0.317 e. The third-order valence-corrected chi connectivity index (χ3v) is 2.26. The molecule has 0 unspecified atom stereocenters. The lowest BCUT2D eigenvalue weighted by atomic mass is 10.0. The standard InChI is InChI=1S/C12H24N2O4/c1-9(2)18-7-6-14(5)11(17)13-12(3,4)8-10(15)16/h9H,6-8H2,1-5H3,(H,13,17)(H,15,16). The van der Waals surface area contributed by atoms with Crippen LogP contribution in [0.1, 0.15) is 34.1 Å². The SMILES string of the molecule is CC(C)OCCN(C)C(=O)NC(C)(C)CC(=O)O. The van der Waals surface area contributed by atoms with Gasteiger partial charge in [-0.1, -0.05) is 0 Å². The molecule has 18 heavy (non-hydrogen) atoms. The number of hydrogen-bond acceptors (Lipinski definition) is 3. The molecule has 0 aromatic carbocycles. The van der Waals surface area contributed by atoms with Gasteiger partial charge in [-0.15, -0.1) is 0 Å². The van der Waals surface area contributed by atoms with Gasteiger partial charge >= 0.3 is 12.0 Å². The van der Waals surface area contributed by atoms with Crippen molar-refractivity contribution in [1.82, 2.24) is 10.2 Å². The van der Waals surface area contributed by atoms with E-state index in [0.717, 1.165) is 0 Å². The van der Waals surface area contributed by atoms with E-state index in [9.17, 15) is 9.59 Å². The van der Waals surface area contributed by atoms with Gasteiger partial charge in [-0.05, 0) is 27.7 Å². The molecule has 0 bridgehead atoms. The van der Waals surface area contributed by atoms with Crippen molar-refractivity contribution in [3.05, 3.63) is 0 Å². The van der Waals surface area contributed by atoms with Gasteiger partial charge < -0.3 is 20.1 Å². The number of ether oxygens (including phenoxy) is 1. The number of nitrogens with one attached hydrogen (secondary N) is 1. The number of carbonyl (C=O) groups is 2. The summed E-state index contributed by atoms with van der Waals surface area (Å²) in [6, 6.07) is -0.298. The maximum atomic E-state index is 11.8. The van der Waals surface area contributed by atoms with Gasteiger partial charge in [0.15, 0.2) is 0 Å². The molecular formula is C12H24N2O4. The van der Waals surface area contributed by atoms with Gasteiger partial charge in [0, 0.05) is 19.1 Å². The lowest BCUT2D eigenvalue weighted by Crippen LogP contribution is -2.50. The van der Waals surface area contributed by atoms with E-state index in [1.807, 2.05) is 13.8 Å². The Hall–Kier alpha value is -1.30. The van der Waals surface area contributed by atoms with Crippen LogP contribution in [-0.2, 0) is 9.53 Å². The Balaban J connectivity index is 4.10. The number of carboxylic acid groups (broad SMARTS) is 1. The first kappa shape index (κ1) is 16.7. The van der Waals surface area contributed by atoms with E-state index in [1.54, 1.807) is 20.9 Å². The lowest BCUT2D eigenvalue weighted by molar-refractivity contribution is -0.138. The van der Waals surface area contributed by atoms with Crippen LogP contribution in [0.2, 0.25) is 0 Å². The van der Waals surface area contributed by atoms with Gasteiger partial charge in [0.25, 0.3) is 0 Å². The Morgan fingerprint density at radius 3 is 2.39 bits per heavy atom. The molecule has 0 rings (SSSR count). The van der Waals surface area contributed by atoms with Gasteiger partial charge in [0.1, 0.15) is 0 Å². The molecule has 0 spiro atoms. The minimum atomic E-state index is -0.939. The highest BCUT2D eigenvalue weighted by Crippen LogP contribution is 2.08. The summed E-state index contributed by atoms with van der Waals surface area (Å²) in [5.41, 5.74) is -0.768. The van der Waals surface area contributed by atoms with Crippen LogP contribution in [0.4, 0.5) is 4.79 Å². The van der Waals surface area contributed by atoms with Crippen molar-refractivity contribution >= 4 is 12.0 Å². The maximum Gasteiger partial charge on any atom is 0.317 e. The van der Waals surface area contributed by atoms with Crippen LogP contribution in [0.3, 0.4) is 0 Å². The van der Waals surface area contributed by atoms with E-state index in [1.165, 1.54) is 4.90 Å². The van der Waals surface area contributed by atoms with Crippen LogP contribution >= 0.6 is 0 Å². The summed E-state index contributed by atoms with van der Waals surface area (Å²) in [6.45, 7) is 8.13. The van der Waals surface area contributed by atoms with Crippen molar-refractivity contribution in [2.75, 3.05) is 20.2 Å². The number of amides is 2. The maximum absolute atomic E-state index is 11.8. The van der Waals surface area contributed by atoms with Crippen LogP contribution in [0.25, 0.3) is 0 Å². The largest absolute Gasteiger partial charge is 0.481 e. The number of carboxylic acids is 1. The zero-order valence-electron chi connectivity index (χ0n) is 11.8. The fourth-order valence-corrected chi connectivity index (χ4v) is 1.33. The summed E-state index contributed by atoms with van der Waals surface area (Å²) < 4.78 is 5.34. The van der Waals surface area contributed by atoms with Crippen molar-refractivity contribution in [3.8, 4) is 0 Å². The number of carbonyl (C=O) groups excluding carboxylic acids is 1. The lowest BCUT2D eigenvalue weighted by Gasteiger charge is -2.28. The number of urea groups is 1. The Kier molecular flexibility index (Phi) is 6.68. The van der Waals surface area contributed by atoms with Gasteiger partial charge in [0.05, 0.1) is 19.1 Å². The molecule has 0 heterocycles. The molecule has 0 saturated heterocycles. The number of nitrogens with zero attached hydrogens (tertiary/aromatic N) is 1. The second kappa shape index (κ2) is 7.20. The van der Waals surface area contributed by atoms with E-state index in [4.69, 9.17) is 9.84 Å². The van der Waals surface area contributed by atoms with E-state index in [0.29, 0.717) is 13.2 Å². The van der Waals surface area contributed by atoms with Gasteiger partial charge in [-0.25, -0.2) is 4.79 Å². The minimum Gasteiger partial charge on any atom is -0.481 e. The first-order valence-corrected chi connectivity index (χ1v) is 6.01. The quantitative estimate of drug-likeness (QED) is 0.723. The summed E-state index contributed by atoms with van der Waals surface area (Å²) in [4.78, 5) is 23.9. The Bertz CT molecular complexity index is 290. The predicted octanol–water partition coefficient (Wildman–Crippen LogP) is 1.31. The number of aliphatic carboxylic acids is 1. The number of rotatable bonds is 7. The van der Waals surface area contributed by atoms with Crippen LogP contribution < -0.4 is 5.32 Å². The van der Waals surface area contributed by atoms with Crippen molar-refractivity contribution < 1.29 is 19.4 Å². The van der Waals surface area contributed by atoms with E-state index in [2.05, 4.69) is 5.32 Å². The summed E-state index contributed by atoms with van der Waals surface area (Å²) in [5.74, 6) is -0.939. The molecule has 0 radical (unpaired) electrons. The Labute approximate surface area is 108 Å². The predicted molar refractivity (Wildman–Crippen MR) is 68.6 cm³/mol. The van der Waals surface area contributed by atoms with Crippen LogP contribution in [0, 0.1) is 0 Å². The van der Waals surface area contributed by atoms with E-state index < -0.39 is 11.5 Å². The zero-order valence-corrected chi connectivity index (χ0v) is 11.8. The summed E-state index contributed by atoms with van der Waals surface area (Å²) in [5, 5.41) is 11.4. The monoisotopic (exact) mass is 260 g/mol. The number of hydrogen-bond donors (Lipinski definition) is 2. The van der Waals surface area contributed by atoms with Gasteiger partial charge in [-0.2, -0.15) is 0 Å². The van der Waals surface area contributed by atoms with Crippen molar-refractivity contribution in [3.63, 3.8) is 0 Å². The molecule has 0 fully saturated rings. The van der Waals surface area contributed by atoms with E-state index >= 15 is 0 Å². The highest BCUT2D eigenvalue weighted by atomic mass is 16.5.